The molecule has 1 aliphatic heterocycles. The van der Waals surface area contributed by atoms with E-state index in [1.165, 1.54) is 6.92 Å². The van der Waals surface area contributed by atoms with E-state index in [0.29, 0.717) is 12.1 Å². The molecule has 2 rings (SSSR count). The molecule has 0 spiro atoms. The zero-order chi connectivity index (χ0) is 15.4. The third-order valence-corrected chi connectivity index (χ3v) is 3.78. The van der Waals surface area contributed by atoms with E-state index in [1.807, 2.05) is 0 Å². The van der Waals surface area contributed by atoms with Crippen LogP contribution in [0.3, 0.4) is 0 Å². The predicted molar refractivity (Wildman–Crippen MR) is 76.9 cm³/mol. The molecule has 0 aliphatic carbocycles. The summed E-state index contributed by atoms with van der Waals surface area (Å²) in [7, 11) is 0. The van der Waals surface area contributed by atoms with Gasteiger partial charge in [-0.15, -0.1) is 0 Å². The minimum absolute atomic E-state index is 0.0211. The van der Waals surface area contributed by atoms with Crippen molar-refractivity contribution in [2.45, 2.75) is 38.6 Å². The van der Waals surface area contributed by atoms with Crippen molar-refractivity contribution in [2.24, 2.45) is 0 Å². The second-order valence-corrected chi connectivity index (χ2v) is 5.42. The average Bonchev–Trinajstić information content (AvgIpc) is 2.90. The topological polar surface area (TPSA) is 74.7 Å². The predicted octanol–water partition coefficient (Wildman–Crippen LogP) is 1.44. The second-order valence-electron chi connectivity index (χ2n) is 5.42. The quantitative estimate of drug-likeness (QED) is 0.890. The van der Waals surface area contributed by atoms with E-state index in [4.69, 9.17) is 5.11 Å². The van der Waals surface area contributed by atoms with Gasteiger partial charge in [-0.2, -0.15) is 0 Å². The largest absolute Gasteiger partial charge is 0.481 e. The van der Waals surface area contributed by atoms with Crippen molar-refractivity contribution in [3.63, 3.8) is 0 Å². The number of amides is 1. The number of aliphatic carboxylic acids is 1. The van der Waals surface area contributed by atoms with Crippen molar-refractivity contribution < 1.29 is 19.5 Å². The van der Waals surface area contributed by atoms with E-state index in [1.54, 1.807) is 29.2 Å². The van der Waals surface area contributed by atoms with Crippen LogP contribution < -0.4 is 0 Å². The van der Waals surface area contributed by atoms with Gasteiger partial charge in [0.15, 0.2) is 5.78 Å². The maximum atomic E-state index is 12.3. The molecule has 1 amide bonds. The van der Waals surface area contributed by atoms with Gasteiger partial charge in [-0.25, -0.2) is 0 Å². The van der Waals surface area contributed by atoms with Gasteiger partial charge in [0, 0.05) is 6.54 Å². The Balaban J connectivity index is 1.99. The Hall–Kier alpha value is -2.17. The summed E-state index contributed by atoms with van der Waals surface area (Å²) in [6.45, 7) is 2.16. The number of carbonyl (C=O) groups excluding carboxylic acids is 2. The van der Waals surface area contributed by atoms with Crippen molar-refractivity contribution in [3.05, 3.63) is 35.4 Å². The molecular formula is C16H19NO4. The van der Waals surface area contributed by atoms with Gasteiger partial charge in [-0.05, 0) is 30.9 Å². The van der Waals surface area contributed by atoms with Crippen LogP contribution in [-0.2, 0) is 27.2 Å². The van der Waals surface area contributed by atoms with E-state index in [-0.39, 0.29) is 30.6 Å². The van der Waals surface area contributed by atoms with Gasteiger partial charge in [0.25, 0.3) is 0 Å². The van der Waals surface area contributed by atoms with Crippen LogP contribution in [-0.4, -0.2) is 40.3 Å². The molecule has 0 bridgehead atoms. The summed E-state index contributed by atoms with van der Waals surface area (Å²) in [6, 6.07) is 6.72. The molecule has 0 radical (unpaired) electrons. The molecule has 21 heavy (non-hydrogen) atoms. The van der Waals surface area contributed by atoms with Gasteiger partial charge in [0.05, 0.1) is 18.9 Å². The first-order valence-electron chi connectivity index (χ1n) is 7.07. The molecule has 1 heterocycles. The summed E-state index contributed by atoms with van der Waals surface area (Å²) in [5, 5.41) is 8.71. The minimum Gasteiger partial charge on any atom is -0.481 e. The van der Waals surface area contributed by atoms with Crippen LogP contribution in [0.1, 0.15) is 30.9 Å². The molecule has 1 saturated heterocycles. The molecule has 1 aromatic rings. The standard InChI is InChI=1S/C16H19NO4/c1-11(18)14-3-2-8-17(14)15(19)9-12-4-6-13(7-5-12)10-16(20)21/h4-7,14H,2-3,8-10H2,1H3,(H,20,21)/t14-/m0/s1. The zero-order valence-corrected chi connectivity index (χ0v) is 12.0. The van der Waals surface area contributed by atoms with Crippen LogP contribution in [0, 0.1) is 0 Å². The number of Topliss-reactive ketones (excluding diaryl/α,β-unsaturated/α-hetero) is 1. The molecule has 1 atom stereocenters. The van der Waals surface area contributed by atoms with Crippen molar-refractivity contribution >= 4 is 17.7 Å². The normalized spacial score (nSPS) is 17.8. The number of carboxylic acid groups (broad SMARTS) is 1. The lowest BCUT2D eigenvalue weighted by Gasteiger charge is -2.22. The van der Waals surface area contributed by atoms with Gasteiger partial charge >= 0.3 is 5.97 Å². The first-order valence-corrected chi connectivity index (χ1v) is 7.07. The highest BCUT2D eigenvalue weighted by Gasteiger charge is 2.31. The van der Waals surface area contributed by atoms with Crippen LogP contribution in [0.4, 0.5) is 0 Å². The number of carboxylic acids is 1. The Morgan fingerprint density at radius 1 is 1.14 bits per heavy atom. The van der Waals surface area contributed by atoms with Gasteiger partial charge in [0.2, 0.25) is 5.91 Å². The average molecular weight is 289 g/mol. The first kappa shape index (κ1) is 15.2. The maximum absolute atomic E-state index is 12.3. The summed E-state index contributed by atoms with van der Waals surface area (Å²) in [5.74, 6) is -0.878. The number of rotatable bonds is 5. The smallest absolute Gasteiger partial charge is 0.307 e. The lowest BCUT2D eigenvalue weighted by Crippen LogP contribution is -2.40. The third kappa shape index (κ3) is 3.90. The fraction of sp³-hybridized carbons (Fsp3) is 0.438. The number of carbonyl (C=O) groups is 3. The molecule has 5 heteroatoms. The van der Waals surface area contributed by atoms with E-state index >= 15 is 0 Å². The van der Waals surface area contributed by atoms with Crippen LogP contribution in [0.5, 0.6) is 0 Å². The van der Waals surface area contributed by atoms with Gasteiger partial charge in [-0.1, -0.05) is 24.3 Å². The van der Waals surface area contributed by atoms with Crippen LogP contribution >= 0.6 is 0 Å². The highest BCUT2D eigenvalue weighted by Crippen LogP contribution is 2.19. The van der Waals surface area contributed by atoms with Crippen molar-refractivity contribution in [1.82, 2.24) is 4.90 Å². The maximum Gasteiger partial charge on any atom is 0.307 e. The molecule has 0 unspecified atom stereocenters. The summed E-state index contributed by atoms with van der Waals surface area (Å²) in [5.41, 5.74) is 1.55. The van der Waals surface area contributed by atoms with E-state index in [0.717, 1.165) is 18.4 Å². The Kier molecular flexibility index (Phi) is 4.73. The molecule has 1 aliphatic rings. The number of hydrogen-bond donors (Lipinski definition) is 1. The molecule has 0 aromatic heterocycles. The third-order valence-electron chi connectivity index (χ3n) is 3.78. The summed E-state index contributed by atoms with van der Waals surface area (Å²) >= 11 is 0. The second kappa shape index (κ2) is 6.52. The summed E-state index contributed by atoms with van der Waals surface area (Å²) in [4.78, 5) is 36.1. The zero-order valence-electron chi connectivity index (χ0n) is 12.0. The number of benzene rings is 1. The fourth-order valence-corrected chi connectivity index (χ4v) is 2.71. The van der Waals surface area contributed by atoms with Gasteiger partial charge in [-0.3, -0.25) is 14.4 Å². The Labute approximate surface area is 123 Å². The van der Waals surface area contributed by atoms with Crippen molar-refractivity contribution in [3.8, 4) is 0 Å². The van der Waals surface area contributed by atoms with Gasteiger partial charge in [0.1, 0.15) is 0 Å². The van der Waals surface area contributed by atoms with Crippen LogP contribution in [0.15, 0.2) is 24.3 Å². The first-order chi connectivity index (χ1) is 9.97. The Morgan fingerprint density at radius 3 is 2.24 bits per heavy atom. The summed E-state index contributed by atoms with van der Waals surface area (Å²) in [6.07, 6.45) is 1.84. The minimum atomic E-state index is -0.875. The summed E-state index contributed by atoms with van der Waals surface area (Å²) < 4.78 is 0. The van der Waals surface area contributed by atoms with Crippen LogP contribution in [0.25, 0.3) is 0 Å². The van der Waals surface area contributed by atoms with Crippen molar-refractivity contribution in [1.29, 1.82) is 0 Å². The van der Waals surface area contributed by atoms with E-state index < -0.39 is 5.97 Å². The number of ketones is 1. The molecular weight excluding hydrogens is 270 g/mol. The van der Waals surface area contributed by atoms with Crippen molar-refractivity contribution in [2.75, 3.05) is 6.54 Å². The monoisotopic (exact) mass is 289 g/mol. The molecule has 0 saturated carbocycles. The number of likely N-dealkylation sites (tertiary alicyclic amines) is 1. The SMILES string of the molecule is CC(=O)[C@@H]1CCCN1C(=O)Cc1ccc(CC(=O)O)cc1. The van der Waals surface area contributed by atoms with Gasteiger partial charge < -0.3 is 10.0 Å². The van der Waals surface area contributed by atoms with Crippen LogP contribution in [0.2, 0.25) is 0 Å². The Morgan fingerprint density at radius 2 is 1.71 bits per heavy atom. The lowest BCUT2D eigenvalue weighted by atomic mass is 10.1. The fourth-order valence-electron chi connectivity index (χ4n) is 2.71. The molecule has 1 N–H and O–H groups in total. The lowest BCUT2D eigenvalue weighted by molar-refractivity contribution is -0.136. The number of nitrogens with zero attached hydrogens (tertiary/aromatic N) is 1. The highest BCUT2D eigenvalue weighted by molar-refractivity contribution is 5.88. The molecule has 112 valence electrons. The molecule has 1 aromatic carbocycles. The molecule has 1 fully saturated rings. The Bertz CT molecular complexity index is 550. The number of hydrogen-bond acceptors (Lipinski definition) is 3. The molecule has 5 nitrogen and oxygen atoms in total. The van der Waals surface area contributed by atoms with E-state index in [2.05, 4.69) is 0 Å². The van der Waals surface area contributed by atoms with E-state index in [9.17, 15) is 14.4 Å². The highest BCUT2D eigenvalue weighted by atomic mass is 16.4.